The number of anilines is 1. The van der Waals surface area contributed by atoms with Crippen molar-refractivity contribution in [2.24, 2.45) is 0 Å². The maximum Gasteiger partial charge on any atom is 0.269 e. The van der Waals surface area contributed by atoms with Gasteiger partial charge in [0.1, 0.15) is 14.3 Å². The summed E-state index contributed by atoms with van der Waals surface area (Å²) in [6.45, 7) is 3.45. The summed E-state index contributed by atoms with van der Waals surface area (Å²) in [6, 6.07) is 18.2. The Morgan fingerprint density at radius 1 is 0.960 bits per heavy atom. The van der Waals surface area contributed by atoms with Gasteiger partial charge in [0.05, 0.1) is 12.2 Å². The van der Waals surface area contributed by atoms with Crippen LogP contribution in [0.2, 0.25) is 0 Å². The van der Waals surface area contributed by atoms with E-state index in [0.717, 1.165) is 22.0 Å². The third kappa shape index (κ3) is 2.99. The number of thiocarbonyl (C=S) groups is 1. The van der Waals surface area contributed by atoms with Gasteiger partial charge < -0.3 is 4.90 Å². The number of carbonyl (C=O) groups excluding carboxylic acids is 1. The number of fused-ring (bicyclic) bond motifs is 1. The Morgan fingerprint density at radius 2 is 1.68 bits per heavy atom. The van der Waals surface area contributed by atoms with Gasteiger partial charge >= 0.3 is 0 Å². The van der Waals surface area contributed by atoms with E-state index in [1.54, 1.807) is 16.7 Å². The number of hydrogen-bond acceptors (Lipinski definition) is 5. The average molecular weight is 385 g/mol. The molecule has 0 spiro atoms. The number of para-hydroxylation sites is 1. The van der Waals surface area contributed by atoms with Crippen molar-refractivity contribution in [3.8, 4) is 0 Å². The van der Waals surface area contributed by atoms with Crippen molar-refractivity contribution in [3.05, 3.63) is 70.1 Å². The van der Waals surface area contributed by atoms with E-state index < -0.39 is 0 Å². The molecule has 1 amide bonds. The summed E-state index contributed by atoms with van der Waals surface area (Å²) < 4.78 is 0.629. The van der Waals surface area contributed by atoms with Crippen molar-refractivity contribution >= 4 is 51.7 Å². The molecule has 2 aromatic rings. The number of benzene rings is 2. The van der Waals surface area contributed by atoms with E-state index >= 15 is 0 Å². The molecule has 0 aliphatic carbocycles. The fraction of sp³-hybridized carbons (Fsp3) is 0.158. The van der Waals surface area contributed by atoms with Gasteiger partial charge in [-0.2, -0.15) is 0 Å². The zero-order valence-corrected chi connectivity index (χ0v) is 16.1. The van der Waals surface area contributed by atoms with Gasteiger partial charge in [0, 0.05) is 11.4 Å². The largest absolute Gasteiger partial charge is 0.334 e. The topological polar surface area (TPSA) is 23.6 Å². The van der Waals surface area contributed by atoms with Gasteiger partial charge in [-0.05, 0) is 24.6 Å². The van der Waals surface area contributed by atoms with Crippen molar-refractivity contribution in [2.45, 2.75) is 18.4 Å². The van der Waals surface area contributed by atoms with E-state index in [4.69, 9.17) is 12.2 Å². The number of thioether (sulfide) groups is 2. The first-order chi connectivity index (χ1) is 12.2. The SMILES string of the molecule is CCN1/C(=C2/SC(=S)N(Cc3ccccc3)C2=O)Sc2ccccc21. The van der Waals surface area contributed by atoms with Gasteiger partial charge in [-0.15, -0.1) is 0 Å². The second-order valence-electron chi connectivity index (χ2n) is 5.69. The Kier molecular flexibility index (Phi) is 4.58. The van der Waals surface area contributed by atoms with Crippen molar-refractivity contribution < 1.29 is 4.79 Å². The highest BCUT2D eigenvalue weighted by Crippen LogP contribution is 2.50. The molecule has 2 heterocycles. The van der Waals surface area contributed by atoms with E-state index in [1.165, 1.54) is 22.3 Å². The first-order valence-corrected chi connectivity index (χ1v) is 10.1. The molecule has 0 aromatic heterocycles. The van der Waals surface area contributed by atoms with Gasteiger partial charge in [-0.25, -0.2) is 0 Å². The lowest BCUT2D eigenvalue weighted by Crippen LogP contribution is -2.28. The van der Waals surface area contributed by atoms with Crippen LogP contribution in [-0.2, 0) is 11.3 Å². The quantitative estimate of drug-likeness (QED) is 0.556. The molecule has 0 bridgehead atoms. The number of rotatable bonds is 3. The number of hydrogen-bond donors (Lipinski definition) is 0. The fourth-order valence-electron chi connectivity index (χ4n) is 2.95. The first-order valence-electron chi connectivity index (χ1n) is 8.05. The van der Waals surface area contributed by atoms with E-state index in [2.05, 4.69) is 24.0 Å². The third-order valence-electron chi connectivity index (χ3n) is 4.15. The summed E-state index contributed by atoms with van der Waals surface area (Å²) in [5.41, 5.74) is 2.25. The van der Waals surface area contributed by atoms with Crippen LogP contribution < -0.4 is 4.90 Å². The van der Waals surface area contributed by atoms with E-state index in [-0.39, 0.29) is 5.91 Å². The molecule has 0 N–H and O–H groups in total. The molecule has 3 nitrogen and oxygen atoms in total. The minimum Gasteiger partial charge on any atom is -0.334 e. The summed E-state index contributed by atoms with van der Waals surface area (Å²) >= 11 is 8.57. The molecular weight excluding hydrogens is 368 g/mol. The zero-order valence-electron chi connectivity index (χ0n) is 13.6. The number of carbonyl (C=O) groups is 1. The highest BCUT2D eigenvalue weighted by molar-refractivity contribution is 8.27. The lowest BCUT2D eigenvalue weighted by molar-refractivity contribution is -0.122. The van der Waals surface area contributed by atoms with Crippen LogP contribution in [-0.4, -0.2) is 21.7 Å². The molecule has 1 saturated heterocycles. The van der Waals surface area contributed by atoms with Crippen LogP contribution >= 0.6 is 35.7 Å². The Hall–Kier alpha value is -1.76. The molecule has 2 aliphatic heterocycles. The highest BCUT2D eigenvalue weighted by atomic mass is 32.2. The van der Waals surface area contributed by atoms with E-state index in [9.17, 15) is 4.79 Å². The number of nitrogens with zero attached hydrogens (tertiary/aromatic N) is 2. The van der Waals surface area contributed by atoms with Crippen molar-refractivity contribution in [2.75, 3.05) is 11.4 Å². The summed E-state index contributed by atoms with van der Waals surface area (Å²) in [7, 11) is 0. The van der Waals surface area contributed by atoms with E-state index in [0.29, 0.717) is 10.9 Å². The standard InChI is InChI=1S/C19H16N2OS3/c1-2-20-14-10-6-7-11-15(14)24-18(20)16-17(22)21(19(23)25-16)12-13-8-4-3-5-9-13/h3-11H,2,12H2,1H3/b18-16-. The molecule has 0 saturated carbocycles. The predicted octanol–water partition coefficient (Wildman–Crippen LogP) is 4.85. The summed E-state index contributed by atoms with van der Waals surface area (Å²) in [5.74, 6) is 0.00705. The number of amides is 1. The maximum absolute atomic E-state index is 13.0. The Labute approximate surface area is 161 Å². The Balaban J connectivity index is 1.67. The van der Waals surface area contributed by atoms with Crippen LogP contribution in [0.15, 0.2) is 69.4 Å². The molecule has 0 unspecified atom stereocenters. The summed E-state index contributed by atoms with van der Waals surface area (Å²) in [4.78, 5) is 18.9. The van der Waals surface area contributed by atoms with Gasteiger partial charge in [0.15, 0.2) is 0 Å². The van der Waals surface area contributed by atoms with Crippen LogP contribution in [0, 0.1) is 0 Å². The molecule has 2 aromatic carbocycles. The lowest BCUT2D eigenvalue weighted by atomic mass is 10.2. The minimum absolute atomic E-state index is 0.00705. The molecule has 6 heteroatoms. The molecule has 0 atom stereocenters. The average Bonchev–Trinajstić information content (AvgIpc) is 3.14. The van der Waals surface area contributed by atoms with Crippen molar-refractivity contribution in [3.63, 3.8) is 0 Å². The molecule has 2 aliphatic rings. The smallest absolute Gasteiger partial charge is 0.269 e. The van der Waals surface area contributed by atoms with Gasteiger partial charge in [0.25, 0.3) is 5.91 Å². The molecule has 4 rings (SSSR count). The zero-order chi connectivity index (χ0) is 17.4. The fourth-order valence-corrected chi connectivity index (χ4v) is 5.58. The second kappa shape index (κ2) is 6.86. The van der Waals surface area contributed by atoms with Crippen LogP contribution in [0.1, 0.15) is 12.5 Å². The normalized spacial score (nSPS) is 19.7. The van der Waals surface area contributed by atoms with Crippen LogP contribution in [0.25, 0.3) is 0 Å². The molecule has 126 valence electrons. The van der Waals surface area contributed by atoms with Gasteiger partial charge in [-0.3, -0.25) is 9.69 Å². The summed E-state index contributed by atoms with van der Waals surface area (Å²) in [5, 5.41) is 0.997. The van der Waals surface area contributed by atoms with E-state index in [1.807, 2.05) is 42.5 Å². The lowest BCUT2D eigenvalue weighted by Gasteiger charge is -2.19. The Morgan fingerprint density at radius 3 is 2.44 bits per heavy atom. The van der Waals surface area contributed by atoms with Crippen LogP contribution in [0.3, 0.4) is 0 Å². The van der Waals surface area contributed by atoms with Crippen molar-refractivity contribution in [1.29, 1.82) is 0 Å². The Bertz CT molecular complexity index is 879. The highest BCUT2D eigenvalue weighted by Gasteiger charge is 2.38. The monoisotopic (exact) mass is 384 g/mol. The van der Waals surface area contributed by atoms with Crippen LogP contribution in [0.4, 0.5) is 5.69 Å². The van der Waals surface area contributed by atoms with Crippen LogP contribution in [0.5, 0.6) is 0 Å². The van der Waals surface area contributed by atoms with Gasteiger partial charge in [-0.1, -0.05) is 78.2 Å². The predicted molar refractivity (Wildman–Crippen MR) is 110 cm³/mol. The van der Waals surface area contributed by atoms with Gasteiger partial charge in [0.2, 0.25) is 0 Å². The third-order valence-corrected chi connectivity index (χ3v) is 6.90. The van der Waals surface area contributed by atoms with Crippen molar-refractivity contribution in [1.82, 2.24) is 4.90 Å². The summed E-state index contributed by atoms with van der Waals surface area (Å²) in [6.07, 6.45) is 0. The molecule has 1 fully saturated rings. The maximum atomic E-state index is 13.0. The second-order valence-corrected chi connectivity index (χ2v) is 8.37. The molecular formula is C19H16N2OS3. The minimum atomic E-state index is 0.00705. The molecule has 25 heavy (non-hydrogen) atoms. The molecule has 0 radical (unpaired) electrons. The first kappa shape index (κ1) is 16.7.